The number of carbonyl (C=O) groups is 4. The lowest BCUT2D eigenvalue weighted by molar-refractivity contribution is -0.122. The van der Waals surface area contributed by atoms with Crippen LogP contribution < -0.4 is 21.7 Å². The quantitative estimate of drug-likeness (QED) is 0.0843. The first kappa shape index (κ1) is 44.1. The zero-order valence-electron chi connectivity index (χ0n) is 35.3. The van der Waals surface area contributed by atoms with Crippen molar-refractivity contribution >= 4 is 23.8 Å². The fourth-order valence-electron chi connectivity index (χ4n) is 11.2. The maximum atomic E-state index is 13.7. The largest absolute Gasteiger partial charge is 0.444 e. The van der Waals surface area contributed by atoms with E-state index in [2.05, 4.69) is 56.6 Å². The minimum atomic E-state index is -0.593. The fraction of sp³-hybridized carbons (Fsp3) is 0.864. The Balaban J connectivity index is 1.30. The summed E-state index contributed by atoms with van der Waals surface area (Å²) in [4.78, 5) is 51.7. The molecule has 10 nitrogen and oxygen atoms in total. The number of hydrogen-bond acceptors (Lipinski definition) is 6. The summed E-state index contributed by atoms with van der Waals surface area (Å²) in [5, 5.41) is 8.33. The Morgan fingerprint density at radius 2 is 1.50 bits per heavy atom. The second-order valence-electron chi connectivity index (χ2n) is 19.3. The van der Waals surface area contributed by atoms with Crippen LogP contribution in [0.4, 0.5) is 4.79 Å². The molecular weight excluding hydrogens is 679 g/mol. The number of ether oxygens (including phenoxy) is 1. The Hall–Kier alpha value is -2.62. The van der Waals surface area contributed by atoms with E-state index in [9.17, 15) is 19.2 Å². The van der Waals surface area contributed by atoms with Crippen LogP contribution in [-0.4, -0.2) is 73.1 Å². The Labute approximate surface area is 327 Å². The minimum absolute atomic E-state index is 0.0816. The summed E-state index contributed by atoms with van der Waals surface area (Å²) >= 11 is 0. The van der Waals surface area contributed by atoms with Gasteiger partial charge >= 0.3 is 6.09 Å². The van der Waals surface area contributed by atoms with Crippen molar-refractivity contribution in [3.05, 3.63) is 11.6 Å². The molecule has 4 rings (SSSR count). The molecule has 8 atom stereocenters. The molecule has 0 aromatic carbocycles. The molecule has 3 saturated carbocycles. The van der Waals surface area contributed by atoms with Gasteiger partial charge < -0.3 is 31.3 Å². The smallest absolute Gasteiger partial charge is 0.410 e. The number of nitrogens with zero attached hydrogens (tertiary/aromatic N) is 1. The van der Waals surface area contributed by atoms with Crippen molar-refractivity contribution in [2.75, 3.05) is 32.7 Å². The summed E-state index contributed by atoms with van der Waals surface area (Å²) in [6.07, 6.45) is 17.2. The normalized spacial score (nSPS) is 29.6. The zero-order chi connectivity index (χ0) is 39.7. The number of amides is 4. The Kier molecular flexibility index (Phi) is 15.9. The van der Waals surface area contributed by atoms with Crippen LogP contribution in [0.15, 0.2) is 11.6 Å². The number of nitrogens with one attached hydrogen (secondary N) is 3. The van der Waals surface area contributed by atoms with Crippen LogP contribution in [0.25, 0.3) is 0 Å². The number of hydrogen-bond donors (Lipinski definition) is 4. The van der Waals surface area contributed by atoms with Crippen molar-refractivity contribution < 1.29 is 23.9 Å². The number of fused-ring (bicyclic) bond motifs is 5. The van der Waals surface area contributed by atoms with Gasteiger partial charge in [0.1, 0.15) is 5.60 Å². The lowest BCUT2D eigenvalue weighted by Gasteiger charge is -2.59. The van der Waals surface area contributed by atoms with Gasteiger partial charge in [0, 0.05) is 58.0 Å². The van der Waals surface area contributed by atoms with E-state index in [-0.39, 0.29) is 74.2 Å². The second kappa shape index (κ2) is 19.5. The minimum Gasteiger partial charge on any atom is -0.444 e. The first-order chi connectivity index (χ1) is 25.5. The van der Waals surface area contributed by atoms with E-state index < -0.39 is 5.60 Å². The number of nitrogens with two attached hydrogens (primary N) is 1. The van der Waals surface area contributed by atoms with E-state index in [1.54, 1.807) is 5.57 Å². The number of carbonyl (C=O) groups excluding carboxylic acids is 4. The molecule has 0 aromatic heterocycles. The van der Waals surface area contributed by atoms with Crippen molar-refractivity contribution in [2.45, 2.75) is 163 Å². The lowest BCUT2D eigenvalue weighted by atomic mass is 9.46. The SMILES string of the molecule is CC(C)CCC[C@@H](C)C1CC[C@H]2[C@H]3CC=C4C[C@@H](N(CCCNC(=O)CCNC(=O)CCNC(=O)CCN)C(=O)OC(C)(C)C)CCC4(C)C3CCC12C. The topological polar surface area (TPSA) is 143 Å². The van der Waals surface area contributed by atoms with E-state index in [1.807, 2.05) is 25.7 Å². The van der Waals surface area contributed by atoms with Crippen molar-refractivity contribution in [1.82, 2.24) is 20.9 Å². The molecule has 5 N–H and O–H groups in total. The highest BCUT2D eigenvalue weighted by molar-refractivity contribution is 5.80. The van der Waals surface area contributed by atoms with Crippen molar-refractivity contribution in [3.63, 3.8) is 0 Å². The molecule has 0 spiro atoms. The molecule has 4 aliphatic carbocycles. The number of allylic oxidation sites excluding steroid dienone is 1. The summed E-state index contributed by atoms with van der Waals surface area (Å²) in [6, 6.07) is 0.0816. The average Bonchev–Trinajstić information content (AvgIpc) is 3.44. The van der Waals surface area contributed by atoms with Crippen LogP contribution in [0, 0.1) is 46.3 Å². The zero-order valence-corrected chi connectivity index (χ0v) is 35.3. The van der Waals surface area contributed by atoms with Gasteiger partial charge in [-0.15, -0.1) is 0 Å². The van der Waals surface area contributed by atoms with E-state index in [1.165, 1.54) is 51.4 Å². The maximum absolute atomic E-state index is 13.7. The molecular formula is C44H77N5O5. The third-order valence-electron chi connectivity index (χ3n) is 14.0. The van der Waals surface area contributed by atoms with Crippen LogP contribution in [0.5, 0.6) is 0 Å². The maximum Gasteiger partial charge on any atom is 0.410 e. The average molecular weight is 756 g/mol. The summed E-state index contributed by atoms with van der Waals surface area (Å²) in [5.74, 6) is 4.24. The molecule has 10 heteroatoms. The van der Waals surface area contributed by atoms with Gasteiger partial charge in [-0.05, 0) is 125 Å². The Morgan fingerprint density at radius 3 is 2.13 bits per heavy atom. The molecule has 308 valence electrons. The standard InChI is InChI=1S/C44H77N5O5/c1-30(2)11-9-12-31(3)35-15-16-36-34-14-13-32-29-33(17-22-43(32,7)37(34)18-23-44(35,36)8)49(41(53)54-42(4,5)6)28-10-25-46-39(51)20-27-48-40(52)21-26-47-38(50)19-24-45/h13,30-31,33-37H,9-12,14-29,45H2,1-8H3,(H,46,51)(H,47,50)(H,48,52)/t31-,33+,34-,35?,36+,37?,43?,44?/m1/s1. The lowest BCUT2D eigenvalue weighted by Crippen LogP contribution is -2.53. The Morgan fingerprint density at radius 1 is 0.852 bits per heavy atom. The highest BCUT2D eigenvalue weighted by atomic mass is 16.6. The fourth-order valence-corrected chi connectivity index (χ4v) is 11.2. The highest BCUT2D eigenvalue weighted by Crippen LogP contribution is 2.67. The summed E-state index contributed by atoms with van der Waals surface area (Å²) in [6.45, 7) is 19.9. The molecule has 0 bridgehead atoms. The second-order valence-corrected chi connectivity index (χ2v) is 19.3. The molecule has 0 aromatic rings. The summed E-state index contributed by atoms with van der Waals surface area (Å²) in [7, 11) is 0. The number of rotatable bonds is 18. The summed E-state index contributed by atoms with van der Waals surface area (Å²) < 4.78 is 5.94. The van der Waals surface area contributed by atoms with Gasteiger partial charge in [-0.2, -0.15) is 0 Å². The van der Waals surface area contributed by atoms with E-state index in [0.29, 0.717) is 24.9 Å². The van der Waals surface area contributed by atoms with Crippen molar-refractivity contribution in [2.24, 2.45) is 52.1 Å². The van der Waals surface area contributed by atoms with Gasteiger partial charge in [-0.3, -0.25) is 14.4 Å². The molecule has 54 heavy (non-hydrogen) atoms. The van der Waals surface area contributed by atoms with Crippen LogP contribution in [0.3, 0.4) is 0 Å². The monoisotopic (exact) mass is 756 g/mol. The third-order valence-corrected chi connectivity index (χ3v) is 14.0. The van der Waals surface area contributed by atoms with E-state index in [4.69, 9.17) is 10.5 Å². The Bertz CT molecular complexity index is 1310. The molecule has 4 unspecified atom stereocenters. The van der Waals surface area contributed by atoms with Gasteiger partial charge in [0.05, 0.1) is 0 Å². The van der Waals surface area contributed by atoms with Gasteiger partial charge in [-0.25, -0.2) is 4.79 Å². The third kappa shape index (κ3) is 11.5. The predicted molar refractivity (Wildman–Crippen MR) is 216 cm³/mol. The van der Waals surface area contributed by atoms with Crippen LogP contribution in [-0.2, 0) is 19.1 Å². The predicted octanol–water partition coefficient (Wildman–Crippen LogP) is 7.50. The first-order valence-electron chi connectivity index (χ1n) is 21.7. The van der Waals surface area contributed by atoms with Gasteiger partial charge in [0.2, 0.25) is 17.7 Å². The molecule has 3 fully saturated rings. The van der Waals surface area contributed by atoms with Crippen LogP contribution >= 0.6 is 0 Å². The molecule has 0 aliphatic heterocycles. The molecule has 0 saturated heterocycles. The highest BCUT2D eigenvalue weighted by Gasteiger charge is 2.59. The van der Waals surface area contributed by atoms with E-state index in [0.717, 1.165) is 54.8 Å². The van der Waals surface area contributed by atoms with Gasteiger partial charge in [-0.1, -0.05) is 65.5 Å². The van der Waals surface area contributed by atoms with E-state index >= 15 is 0 Å². The van der Waals surface area contributed by atoms with Gasteiger partial charge in [0.25, 0.3) is 0 Å². The molecule has 4 aliphatic rings. The summed E-state index contributed by atoms with van der Waals surface area (Å²) in [5.41, 5.74) is 6.99. The van der Waals surface area contributed by atoms with Crippen LogP contribution in [0.1, 0.15) is 152 Å². The molecule has 4 amide bonds. The molecule has 0 radical (unpaired) electrons. The first-order valence-corrected chi connectivity index (χ1v) is 21.7. The van der Waals surface area contributed by atoms with Crippen molar-refractivity contribution in [1.29, 1.82) is 0 Å². The van der Waals surface area contributed by atoms with Crippen molar-refractivity contribution in [3.8, 4) is 0 Å². The molecule has 0 heterocycles. The van der Waals surface area contributed by atoms with Gasteiger partial charge in [0.15, 0.2) is 0 Å². The van der Waals surface area contributed by atoms with Crippen LogP contribution in [0.2, 0.25) is 0 Å².